The summed E-state index contributed by atoms with van der Waals surface area (Å²) in [4.78, 5) is 28.1. The molecule has 3 rings (SSSR count). The molecule has 2 aliphatic rings. The number of carbonyl (C=O) groups is 2. The Kier molecular flexibility index (Phi) is 4.98. The van der Waals surface area contributed by atoms with Gasteiger partial charge in [-0.2, -0.15) is 5.10 Å². The van der Waals surface area contributed by atoms with E-state index in [0.717, 1.165) is 44.5 Å². The number of likely N-dealkylation sites (tertiary alicyclic amines) is 2. The molecule has 0 aliphatic carbocycles. The lowest BCUT2D eigenvalue weighted by Gasteiger charge is -2.36. The molecule has 0 spiro atoms. The van der Waals surface area contributed by atoms with E-state index < -0.39 is 0 Å². The third kappa shape index (κ3) is 3.92. The van der Waals surface area contributed by atoms with Crippen molar-refractivity contribution in [1.29, 1.82) is 0 Å². The Hall–Kier alpha value is -1.85. The quantitative estimate of drug-likeness (QED) is 0.828. The second-order valence-electron chi connectivity index (χ2n) is 6.71. The number of aryl methyl sites for hydroxylation is 1. The molecule has 1 aromatic heterocycles. The minimum absolute atomic E-state index is 0.179. The van der Waals surface area contributed by atoms with Gasteiger partial charge in [-0.3, -0.25) is 14.3 Å². The summed E-state index contributed by atoms with van der Waals surface area (Å²) in [6.07, 6.45) is 9.17. The van der Waals surface area contributed by atoms with Crippen LogP contribution in [0.2, 0.25) is 0 Å². The van der Waals surface area contributed by atoms with Gasteiger partial charge >= 0.3 is 0 Å². The van der Waals surface area contributed by atoms with Crippen LogP contribution < -0.4 is 0 Å². The van der Waals surface area contributed by atoms with Gasteiger partial charge in [-0.1, -0.05) is 0 Å². The van der Waals surface area contributed by atoms with E-state index in [4.69, 9.17) is 0 Å². The Balaban J connectivity index is 1.56. The first-order valence-corrected chi connectivity index (χ1v) is 8.70. The fourth-order valence-corrected chi connectivity index (χ4v) is 3.62. The number of carbonyl (C=O) groups excluding carboxylic acids is 2. The zero-order chi connectivity index (χ0) is 16.2. The highest BCUT2D eigenvalue weighted by atomic mass is 16.2. The van der Waals surface area contributed by atoms with Gasteiger partial charge in [-0.05, 0) is 38.2 Å². The van der Waals surface area contributed by atoms with Crippen molar-refractivity contribution in [2.24, 2.45) is 0 Å². The maximum atomic E-state index is 12.6. The Morgan fingerprint density at radius 2 is 2.17 bits per heavy atom. The molecule has 1 aromatic rings. The third-order valence-electron chi connectivity index (χ3n) is 4.87. The van der Waals surface area contributed by atoms with Crippen molar-refractivity contribution in [2.45, 2.75) is 58.0 Å². The van der Waals surface area contributed by atoms with Crippen LogP contribution in [-0.4, -0.2) is 57.1 Å². The van der Waals surface area contributed by atoms with Crippen LogP contribution in [0.3, 0.4) is 0 Å². The van der Waals surface area contributed by atoms with Gasteiger partial charge in [-0.25, -0.2) is 0 Å². The fourth-order valence-electron chi connectivity index (χ4n) is 3.62. The van der Waals surface area contributed by atoms with Crippen LogP contribution in [0, 0.1) is 6.92 Å². The summed E-state index contributed by atoms with van der Waals surface area (Å²) < 4.78 is 1.94. The molecule has 126 valence electrons. The van der Waals surface area contributed by atoms with Crippen molar-refractivity contribution >= 4 is 11.8 Å². The summed E-state index contributed by atoms with van der Waals surface area (Å²) in [7, 11) is 0. The zero-order valence-corrected chi connectivity index (χ0v) is 13.9. The molecule has 6 nitrogen and oxygen atoms in total. The SMILES string of the molecule is Cc1cnn(CC2CCCCN2C(=O)CCN2CCCC2=O)c1. The topological polar surface area (TPSA) is 58.4 Å². The first kappa shape index (κ1) is 16.0. The lowest BCUT2D eigenvalue weighted by Crippen LogP contribution is -2.46. The Labute approximate surface area is 137 Å². The molecule has 2 saturated heterocycles. The first-order valence-electron chi connectivity index (χ1n) is 8.70. The summed E-state index contributed by atoms with van der Waals surface area (Å²) in [6.45, 7) is 5.00. The van der Waals surface area contributed by atoms with E-state index in [1.54, 1.807) is 0 Å². The smallest absolute Gasteiger partial charge is 0.224 e. The maximum Gasteiger partial charge on any atom is 0.224 e. The van der Waals surface area contributed by atoms with Crippen LogP contribution in [0.1, 0.15) is 44.1 Å². The van der Waals surface area contributed by atoms with E-state index in [-0.39, 0.29) is 17.9 Å². The van der Waals surface area contributed by atoms with Gasteiger partial charge in [0.05, 0.1) is 18.8 Å². The average Bonchev–Trinajstić information content (AvgIpc) is 3.14. The third-order valence-corrected chi connectivity index (χ3v) is 4.87. The van der Waals surface area contributed by atoms with Crippen LogP contribution in [-0.2, 0) is 16.1 Å². The molecule has 0 saturated carbocycles. The second kappa shape index (κ2) is 7.15. The monoisotopic (exact) mass is 318 g/mol. The highest BCUT2D eigenvalue weighted by Gasteiger charge is 2.28. The van der Waals surface area contributed by atoms with Crippen molar-refractivity contribution in [3.8, 4) is 0 Å². The number of aromatic nitrogens is 2. The van der Waals surface area contributed by atoms with Crippen molar-refractivity contribution in [2.75, 3.05) is 19.6 Å². The standard InChI is InChI=1S/C17H26N4O2/c1-14-11-18-20(12-14)13-15-5-2-3-9-21(15)17(23)7-10-19-8-4-6-16(19)22/h11-12,15H,2-10,13H2,1H3. The average molecular weight is 318 g/mol. The Bertz CT molecular complexity index is 569. The molecule has 2 amide bonds. The molecule has 0 N–H and O–H groups in total. The molecular formula is C17H26N4O2. The van der Waals surface area contributed by atoms with Crippen molar-refractivity contribution in [3.05, 3.63) is 18.0 Å². The van der Waals surface area contributed by atoms with Crippen LogP contribution in [0.15, 0.2) is 12.4 Å². The van der Waals surface area contributed by atoms with Gasteiger partial charge in [0.2, 0.25) is 11.8 Å². The van der Waals surface area contributed by atoms with Gasteiger partial charge in [0.15, 0.2) is 0 Å². The fraction of sp³-hybridized carbons (Fsp3) is 0.706. The van der Waals surface area contributed by atoms with Crippen molar-refractivity contribution in [1.82, 2.24) is 19.6 Å². The lowest BCUT2D eigenvalue weighted by molar-refractivity contribution is -0.136. The molecule has 0 radical (unpaired) electrons. The molecule has 0 aromatic carbocycles. The van der Waals surface area contributed by atoms with E-state index in [0.29, 0.717) is 19.4 Å². The van der Waals surface area contributed by atoms with Gasteiger partial charge in [0, 0.05) is 38.7 Å². The summed E-state index contributed by atoms with van der Waals surface area (Å²) in [5.41, 5.74) is 1.14. The van der Waals surface area contributed by atoms with Crippen LogP contribution in [0.5, 0.6) is 0 Å². The predicted molar refractivity (Wildman–Crippen MR) is 86.7 cm³/mol. The normalized spacial score (nSPS) is 22.0. The summed E-state index contributed by atoms with van der Waals surface area (Å²) in [5, 5.41) is 4.35. The van der Waals surface area contributed by atoms with Crippen LogP contribution in [0.25, 0.3) is 0 Å². The Morgan fingerprint density at radius 3 is 2.87 bits per heavy atom. The summed E-state index contributed by atoms with van der Waals surface area (Å²) >= 11 is 0. The number of amides is 2. The number of rotatable bonds is 5. The highest BCUT2D eigenvalue weighted by molar-refractivity contribution is 5.80. The van der Waals surface area contributed by atoms with Crippen LogP contribution in [0.4, 0.5) is 0 Å². The number of piperidine rings is 1. The lowest BCUT2D eigenvalue weighted by atomic mass is 10.0. The molecule has 3 heterocycles. The van der Waals surface area contributed by atoms with Gasteiger partial charge in [0.1, 0.15) is 0 Å². The molecule has 23 heavy (non-hydrogen) atoms. The first-order chi connectivity index (χ1) is 11.1. The van der Waals surface area contributed by atoms with Gasteiger partial charge in [-0.15, -0.1) is 0 Å². The predicted octanol–water partition coefficient (Wildman–Crippen LogP) is 1.59. The molecule has 1 unspecified atom stereocenters. The minimum Gasteiger partial charge on any atom is -0.342 e. The maximum absolute atomic E-state index is 12.6. The molecule has 1 atom stereocenters. The van der Waals surface area contributed by atoms with E-state index in [9.17, 15) is 9.59 Å². The van der Waals surface area contributed by atoms with Crippen molar-refractivity contribution < 1.29 is 9.59 Å². The van der Waals surface area contributed by atoms with E-state index in [1.807, 2.05) is 33.8 Å². The van der Waals surface area contributed by atoms with Gasteiger partial charge in [0.25, 0.3) is 0 Å². The number of hydrogen-bond acceptors (Lipinski definition) is 3. The van der Waals surface area contributed by atoms with Gasteiger partial charge < -0.3 is 9.80 Å². The summed E-state index contributed by atoms with van der Waals surface area (Å²) in [5.74, 6) is 0.373. The molecular weight excluding hydrogens is 292 g/mol. The highest BCUT2D eigenvalue weighted by Crippen LogP contribution is 2.20. The van der Waals surface area contributed by atoms with E-state index >= 15 is 0 Å². The molecule has 0 bridgehead atoms. The largest absolute Gasteiger partial charge is 0.342 e. The molecule has 6 heteroatoms. The van der Waals surface area contributed by atoms with Crippen LogP contribution >= 0.6 is 0 Å². The van der Waals surface area contributed by atoms with E-state index in [1.165, 1.54) is 6.42 Å². The van der Waals surface area contributed by atoms with Crippen molar-refractivity contribution in [3.63, 3.8) is 0 Å². The van der Waals surface area contributed by atoms with E-state index in [2.05, 4.69) is 5.10 Å². The second-order valence-corrected chi connectivity index (χ2v) is 6.71. The zero-order valence-electron chi connectivity index (χ0n) is 13.9. The Morgan fingerprint density at radius 1 is 1.30 bits per heavy atom. The molecule has 2 aliphatic heterocycles. The minimum atomic E-state index is 0.179. The molecule has 2 fully saturated rings. The number of nitrogens with zero attached hydrogens (tertiary/aromatic N) is 4. The number of hydrogen-bond donors (Lipinski definition) is 0. The summed E-state index contributed by atoms with van der Waals surface area (Å²) in [6, 6.07) is 0.227.